The van der Waals surface area contributed by atoms with Crippen molar-refractivity contribution >= 4 is 17.3 Å². The van der Waals surface area contributed by atoms with Crippen LogP contribution in [0.5, 0.6) is 0 Å². The average Bonchev–Trinajstić information content (AvgIpc) is 3.30. The number of nitrogens with zero attached hydrogens (tertiary/aromatic N) is 5. The van der Waals surface area contributed by atoms with Crippen molar-refractivity contribution in [3.63, 3.8) is 0 Å². The van der Waals surface area contributed by atoms with E-state index in [1.165, 1.54) is 5.56 Å². The van der Waals surface area contributed by atoms with Gasteiger partial charge in [0.25, 0.3) is 0 Å². The first-order valence-corrected chi connectivity index (χ1v) is 11.4. The molecule has 1 saturated heterocycles. The van der Waals surface area contributed by atoms with E-state index in [1.54, 1.807) is 0 Å². The zero-order valence-electron chi connectivity index (χ0n) is 18.9. The van der Waals surface area contributed by atoms with Crippen LogP contribution in [0.1, 0.15) is 46.0 Å². The second-order valence-electron chi connectivity index (χ2n) is 8.38. The minimum atomic E-state index is -0.0683. The molecule has 166 valence electrons. The molecule has 0 radical (unpaired) electrons. The molecule has 7 heteroatoms. The summed E-state index contributed by atoms with van der Waals surface area (Å²) < 4.78 is 2.24. The van der Waals surface area contributed by atoms with Crippen molar-refractivity contribution in [2.45, 2.75) is 39.4 Å². The SMILES string of the molecule is Cc1cccnc1-n1c(C)cc([C@H]2[C@@H](c3ccccn3)NC(=S)N2Cc2ccccn2)c1C. The molecule has 5 rings (SSSR count). The van der Waals surface area contributed by atoms with Crippen LogP contribution in [0, 0.1) is 20.8 Å². The quantitative estimate of drug-likeness (QED) is 0.439. The van der Waals surface area contributed by atoms with E-state index in [4.69, 9.17) is 12.2 Å². The molecule has 6 nitrogen and oxygen atoms in total. The third-order valence-electron chi connectivity index (χ3n) is 6.24. The van der Waals surface area contributed by atoms with Gasteiger partial charge < -0.3 is 14.8 Å². The lowest BCUT2D eigenvalue weighted by atomic mass is 9.96. The lowest BCUT2D eigenvalue weighted by molar-refractivity contribution is 0.307. The van der Waals surface area contributed by atoms with Gasteiger partial charge in [-0.3, -0.25) is 9.97 Å². The Morgan fingerprint density at radius 1 is 0.909 bits per heavy atom. The first-order chi connectivity index (χ1) is 16.0. The van der Waals surface area contributed by atoms with Crippen molar-refractivity contribution in [1.82, 2.24) is 29.7 Å². The molecule has 0 amide bonds. The first kappa shape index (κ1) is 21.3. The van der Waals surface area contributed by atoms with Gasteiger partial charge in [0, 0.05) is 30.0 Å². The first-order valence-electron chi connectivity index (χ1n) is 11.0. The lowest BCUT2D eigenvalue weighted by Crippen LogP contribution is -2.29. The Morgan fingerprint density at radius 2 is 1.67 bits per heavy atom. The maximum absolute atomic E-state index is 5.83. The van der Waals surface area contributed by atoms with Gasteiger partial charge in [-0.05, 0) is 80.5 Å². The van der Waals surface area contributed by atoms with Gasteiger partial charge in [-0.1, -0.05) is 18.2 Å². The molecule has 0 aliphatic carbocycles. The Hall–Kier alpha value is -3.58. The summed E-state index contributed by atoms with van der Waals surface area (Å²) in [4.78, 5) is 16.1. The summed E-state index contributed by atoms with van der Waals surface area (Å²) in [5, 5.41) is 4.25. The lowest BCUT2D eigenvalue weighted by Gasteiger charge is -2.28. The minimum absolute atomic E-state index is 0.0293. The van der Waals surface area contributed by atoms with E-state index in [1.807, 2.05) is 55.0 Å². The fourth-order valence-electron chi connectivity index (χ4n) is 4.70. The average molecular weight is 455 g/mol. The monoisotopic (exact) mass is 454 g/mol. The topological polar surface area (TPSA) is 58.9 Å². The highest BCUT2D eigenvalue weighted by Crippen LogP contribution is 2.42. The van der Waals surface area contributed by atoms with Crippen LogP contribution < -0.4 is 5.32 Å². The number of pyridine rings is 3. The molecule has 0 bridgehead atoms. The molecule has 1 aliphatic heterocycles. The van der Waals surface area contributed by atoms with E-state index in [2.05, 4.69) is 68.7 Å². The summed E-state index contributed by atoms with van der Waals surface area (Å²) in [6.45, 7) is 7.00. The minimum Gasteiger partial charge on any atom is -0.352 e. The van der Waals surface area contributed by atoms with Gasteiger partial charge in [-0.2, -0.15) is 0 Å². The summed E-state index contributed by atoms with van der Waals surface area (Å²) in [5.41, 5.74) is 6.57. The Labute approximate surface area is 199 Å². The Bertz CT molecular complexity index is 1280. The van der Waals surface area contributed by atoms with Crippen molar-refractivity contribution < 1.29 is 0 Å². The van der Waals surface area contributed by atoms with Crippen LogP contribution in [-0.2, 0) is 6.54 Å². The van der Waals surface area contributed by atoms with Gasteiger partial charge in [0.15, 0.2) is 5.11 Å². The molecular formula is C26H26N6S. The molecule has 0 aromatic carbocycles. The molecule has 4 aromatic heterocycles. The van der Waals surface area contributed by atoms with Crippen molar-refractivity contribution in [3.05, 3.63) is 107 Å². The molecule has 33 heavy (non-hydrogen) atoms. The van der Waals surface area contributed by atoms with Crippen molar-refractivity contribution in [2.75, 3.05) is 0 Å². The molecule has 5 heterocycles. The van der Waals surface area contributed by atoms with Gasteiger partial charge in [0.05, 0.1) is 30.0 Å². The van der Waals surface area contributed by atoms with Crippen LogP contribution in [0.2, 0.25) is 0 Å². The van der Waals surface area contributed by atoms with Crippen LogP contribution in [0.25, 0.3) is 5.82 Å². The normalized spacial score (nSPS) is 17.9. The van der Waals surface area contributed by atoms with Crippen molar-refractivity contribution in [3.8, 4) is 5.82 Å². The predicted molar refractivity (Wildman–Crippen MR) is 133 cm³/mol. The largest absolute Gasteiger partial charge is 0.352 e. The van der Waals surface area contributed by atoms with Gasteiger partial charge >= 0.3 is 0 Å². The molecule has 0 saturated carbocycles. The number of aryl methyl sites for hydroxylation is 2. The van der Waals surface area contributed by atoms with Crippen LogP contribution in [0.3, 0.4) is 0 Å². The summed E-state index contributed by atoms with van der Waals surface area (Å²) in [7, 11) is 0. The fraction of sp³-hybridized carbons (Fsp3) is 0.231. The maximum atomic E-state index is 5.83. The standard InChI is InChI=1S/C26H26N6S/c1-17-9-8-14-29-25(17)32-18(2)15-21(19(32)3)24-23(22-11-5-7-13-28-22)30-26(33)31(24)16-20-10-4-6-12-27-20/h4-15,23-24H,16H2,1-3H3,(H,30,33)/t23-,24+/m1/s1. The van der Waals surface area contributed by atoms with Crippen LogP contribution in [-0.4, -0.2) is 29.5 Å². The van der Waals surface area contributed by atoms with Gasteiger partial charge in [-0.15, -0.1) is 0 Å². The Balaban J connectivity index is 1.63. The highest BCUT2D eigenvalue weighted by atomic mass is 32.1. The Kier molecular flexibility index (Phi) is 5.64. The number of nitrogens with one attached hydrogen (secondary N) is 1. The van der Waals surface area contributed by atoms with Crippen LogP contribution in [0.15, 0.2) is 73.2 Å². The van der Waals surface area contributed by atoms with E-state index >= 15 is 0 Å². The smallest absolute Gasteiger partial charge is 0.170 e. The molecule has 0 spiro atoms. The van der Waals surface area contributed by atoms with E-state index in [9.17, 15) is 0 Å². The number of thiocarbonyl (C=S) groups is 1. The Morgan fingerprint density at radius 3 is 2.36 bits per heavy atom. The van der Waals surface area contributed by atoms with Crippen molar-refractivity contribution in [2.24, 2.45) is 0 Å². The van der Waals surface area contributed by atoms with E-state index in [0.29, 0.717) is 11.7 Å². The number of hydrogen-bond donors (Lipinski definition) is 1. The second kappa shape index (κ2) is 8.75. The molecule has 0 unspecified atom stereocenters. The van der Waals surface area contributed by atoms with Gasteiger partial charge in [-0.25, -0.2) is 4.98 Å². The van der Waals surface area contributed by atoms with E-state index < -0.39 is 0 Å². The zero-order valence-corrected chi connectivity index (χ0v) is 19.8. The maximum Gasteiger partial charge on any atom is 0.170 e. The van der Waals surface area contributed by atoms with Crippen LogP contribution in [0.4, 0.5) is 0 Å². The number of aromatic nitrogens is 4. The highest BCUT2D eigenvalue weighted by molar-refractivity contribution is 7.80. The summed E-state index contributed by atoms with van der Waals surface area (Å²) in [6, 6.07) is 18.2. The molecular weight excluding hydrogens is 428 g/mol. The van der Waals surface area contributed by atoms with Crippen molar-refractivity contribution in [1.29, 1.82) is 0 Å². The third-order valence-corrected chi connectivity index (χ3v) is 6.59. The molecule has 1 fully saturated rings. The van der Waals surface area contributed by atoms with Crippen LogP contribution >= 0.6 is 12.2 Å². The summed E-state index contributed by atoms with van der Waals surface area (Å²) in [5.74, 6) is 0.956. The molecule has 4 aromatic rings. The fourth-order valence-corrected chi connectivity index (χ4v) is 5.01. The number of hydrogen-bond acceptors (Lipinski definition) is 4. The van der Waals surface area contributed by atoms with Gasteiger partial charge in [0.1, 0.15) is 5.82 Å². The molecule has 2 atom stereocenters. The molecule has 1 aliphatic rings. The summed E-state index contributed by atoms with van der Waals surface area (Å²) >= 11 is 5.83. The molecule has 1 N–H and O–H groups in total. The van der Waals surface area contributed by atoms with E-state index in [-0.39, 0.29) is 12.1 Å². The van der Waals surface area contributed by atoms with Gasteiger partial charge in [0.2, 0.25) is 0 Å². The zero-order chi connectivity index (χ0) is 22.9. The second-order valence-corrected chi connectivity index (χ2v) is 8.77. The predicted octanol–water partition coefficient (Wildman–Crippen LogP) is 4.76. The van der Waals surface area contributed by atoms with E-state index in [0.717, 1.165) is 34.2 Å². The third kappa shape index (κ3) is 3.89. The highest BCUT2D eigenvalue weighted by Gasteiger charge is 2.41. The summed E-state index contributed by atoms with van der Waals surface area (Å²) in [6.07, 6.45) is 5.50. The number of rotatable bonds is 5.